The number of fused-ring (bicyclic) bond motifs is 2. The third-order valence-corrected chi connectivity index (χ3v) is 5.34. The monoisotopic (exact) mass is 337 g/mol. The van der Waals surface area contributed by atoms with Crippen molar-refractivity contribution in [2.45, 2.75) is 38.1 Å². The van der Waals surface area contributed by atoms with Crippen molar-refractivity contribution >= 4 is 35.5 Å². The van der Waals surface area contributed by atoms with E-state index in [1.54, 1.807) is 6.92 Å². The summed E-state index contributed by atoms with van der Waals surface area (Å²) < 4.78 is 0. The summed E-state index contributed by atoms with van der Waals surface area (Å²) in [6.45, 7) is 4.47. The Hall–Kier alpha value is -2.00. The normalized spacial score (nSPS) is 14.3. The van der Waals surface area contributed by atoms with Gasteiger partial charge in [-0.2, -0.15) is 0 Å². The van der Waals surface area contributed by atoms with Gasteiger partial charge in [0.1, 0.15) is 0 Å². The van der Waals surface area contributed by atoms with Crippen LogP contribution in [0.1, 0.15) is 43.4 Å². The molecule has 2 nitrogen and oxygen atoms in total. The van der Waals surface area contributed by atoms with E-state index in [1.165, 1.54) is 28.9 Å². The zero-order valence-electron chi connectivity index (χ0n) is 14.3. The van der Waals surface area contributed by atoms with Crippen LogP contribution in [-0.4, -0.2) is 11.7 Å². The first kappa shape index (κ1) is 16.8. The molecule has 24 heavy (non-hydrogen) atoms. The fraction of sp³-hybridized carbons (Fsp3) is 0.286. The highest BCUT2D eigenvalue weighted by Gasteiger charge is 2.18. The summed E-state index contributed by atoms with van der Waals surface area (Å²) in [6, 6.07) is 14.7. The predicted octanol–water partition coefficient (Wildman–Crippen LogP) is 5.62. The van der Waals surface area contributed by atoms with Gasteiger partial charge in [-0.05, 0) is 47.1 Å². The Balaban J connectivity index is 1.97. The van der Waals surface area contributed by atoms with Crippen LogP contribution in [-0.2, 0) is 11.3 Å². The van der Waals surface area contributed by atoms with Crippen molar-refractivity contribution in [1.82, 2.24) is 0 Å². The molecule has 0 radical (unpaired) electrons. The molecule has 3 rings (SSSR count). The molecule has 0 unspecified atom stereocenters. The lowest BCUT2D eigenvalue weighted by molar-refractivity contribution is -0.116. The van der Waals surface area contributed by atoms with E-state index in [0.29, 0.717) is 6.54 Å². The van der Waals surface area contributed by atoms with E-state index in [2.05, 4.69) is 43.3 Å². The van der Waals surface area contributed by atoms with Crippen molar-refractivity contribution in [3.63, 3.8) is 0 Å². The van der Waals surface area contributed by atoms with Crippen LogP contribution in [0.4, 0.5) is 5.69 Å². The van der Waals surface area contributed by atoms with Crippen LogP contribution in [0, 0.1) is 0 Å². The quantitative estimate of drug-likeness (QED) is 0.533. The molecular formula is C21H23NOS. The number of amides is 1. The van der Waals surface area contributed by atoms with Gasteiger partial charge in [0.05, 0.1) is 12.2 Å². The van der Waals surface area contributed by atoms with E-state index < -0.39 is 0 Å². The Bertz CT molecular complexity index is 766. The van der Waals surface area contributed by atoms with Gasteiger partial charge in [0.2, 0.25) is 5.91 Å². The molecule has 0 bridgehead atoms. The second-order valence-corrected chi connectivity index (χ2v) is 7.23. The highest BCUT2D eigenvalue weighted by molar-refractivity contribution is 7.99. The average molecular weight is 337 g/mol. The fourth-order valence-corrected chi connectivity index (χ4v) is 3.93. The predicted molar refractivity (Wildman–Crippen MR) is 104 cm³/mol. The van der Waals surface area contributed by atoms with E-state index in [-0.39, 0.29) is 5.91 Å². The van der Waals surface area contributed by atoms with Crippen LogP contribution in [0.25, 0.3) is 12.2 Å². The molecule has 1 aliphatic heterocycles. The summed E-state index contributed by atoms with van der Waals surface area (Å²) in [5.74, 6) is 1.23. The van der Waals surface area contributed by atoms with Crippen molar-refractivity contribution in [2.75, 3.05) is 10.7 Å². The second-order valence-electron chi connectivity index (χ2n) is 6.06. The van der Waals surface area contributed by atoms with Gasteiger partial charge in [-0.1, -0.05) is 49.8 Å². The van der Waals surface area contributed by atoms with Crippen molar-refractivity contribution in [3.8, 4) is 0 Å². The number of carbonyl (C=O) groups is 1. The molecule has 0 N–H and O–H groups in total. The Kier molecular flexibility index (Phi) is 5.41. The van der Waals surface area contributed by atoms with Crippen LogP contribution in [0.5, 0.6) is 0 Å². The maximum Gasteiger partial charge on any atom is 0.224 e. The van der Waals surface area contributed by atoms with E-state index >= 15 is 0 Å². The fourth-order valence-electron chi connectivity index (χ4n) is 2.89. The zero-order valence-corrected chi connectivity index (χ0v) is 15.1. The van der Waals surface area contributed by atoms with Gasteiger partial charge in [-0.3, -0.25) is 4.79 Å². The van der Waals surface area contributed by atoms with Gasteiger partial charge < -0.3 is 4.90 Å². The van der Waals surface area contributed by atoms with Crippen molar-refractivity contribution in [2.24, 2.45) is 0 Å². The summed E-state index contributed by atoms with van der Waals surface area (Å²) >= 11 is 1.91. The van der Waals surface area contributed by atoms with Gasteiger partial charge in [0, 0.05) is 11.8 Å². The molecule has 0 aliphatic carbocycles. The number of hydrogen-bond donors (Lipinski definition) is 0. The number of para-hydroxylation sites is 1. The zero-order chi connectivity index (χ0) is 16.9. The minimum absolute atomic E-state index is 0.0742. The van der Waals surface area contributed by atoms with E-state index in [0.717, 1.165) is 17.0 Å². The largest absolute Gasteiger partial charge is 0.308 e. The lowest BCUT2D eigenvalue weighted by Crippen LogP contribution is -2.29. The lowest BCUT2D eigenvalue weighted by Gasteiger charge is -2.26. The Morgan fingerprint density at radius 1 is 1.12 bits per heavy atom. The minimum atomic E-state index is 0.0742. The van der Waals surface area contributed by atoms with Gasteiger partial charge >= 0.3 is 0 Å². The van der Waals surface area contributed by atoms with Gasteiger partial charge in [-0.25, -0.2) is 0 Å². The molecule has 1 amide bonds. The van der Waals surface area contributed by atoms with E-state index in [9.17, 15) is 4.79 Å². The van der Waals surface area contributed by atoms with Crippen LogP contribution in [0.3, 0.4) is 0 Å². The summed E-state index contributed by atoms with van der Waals surface area (Å²) in [4.78, 5) is 15.3. The second kappa shape index (κ2) is 7.71. The maximum atomic E-state index is 12.2. The average Bonchev–Trinajstić information content (AvgIpc) is 2.57. The third-order valence-electron chi connectivity index (χ3n) is 4.26. The first-order valence-electron chi connectivity index (χ1n) is 8.50. The number of unbranched alkanes of at least 4 members (excludes halogenated alkanes) is 1. The SMILES string of the molecule is CCCCSc1ccc2c(c1)/C=C\c1ccccc1N(C(C)=O)C2. The van der Waals surface area contributed by atoms with Crippen molar-refractivity contribution in [1.29, 1.82) is 0 Å². The van der Waals surface area contributed by atoms with Crippen LogP contribution in [0.15, 0.2) is 47.4 Å². The number of thioether (sulfide) groups is 1. The van der Waals surface area contributed by atoms with Crippen LogP contribution < -0.4 is 4.90 Å². The molecule has 0 saturated carbocycles. The number of carbonyl (C=O) groups excluding carboxylic acids is 1. The van der Waals surface area contributed by atoms with Crippen LogP contribution in [0.2, 0.25) is 0 Å². The van der Waals surface area contributed by atoms with E-state index in [1.807, 2.05) is 34.9 Å². The van der Waals surface area contributed by atoms with E-state index in [4.69, 9.17) is 0 Å². The Morgan fingerprint density at radius 3 is 2.71 bits per heavy atom. The molecule has 0 aromatic heterocycles. The molecule has 124 valence electrons. The molecule has 1 heterocycles. The molecule has 1 aliphatic rings. The van der Waals surface area contributed by atoms with Crippen LogP contribution >= 0.6 is 11.8 Å². The lowest BCUT2D eigenvalue weighted by atomic mass is 10.0. The molecule has 0 spiro atoms. The molecule has 0 atom stereocenters. The molecule has 0 fully saturated rings. The highest BCUT2D eigenvalue weighted by atomic mass is 32.2. The minimum Gasteiger partial charge on any atom is -0.308 e. The molecular weight excluding hydrogens is 314 g/mol. The molecule has 3 heteroatoms. The molecule has 0 saturated heterocycles. The summed E-state index contributed by atoms with van der Waals surface area (Å²) in [6.07, 6.45) is 6.75. The van der Waals surface area contributed by atoms with Gasteiger partial charge in [-0.15, -0.1) is 11.8 Å². The Morgan fingerprint density at radius 2 is 1.92 bits per heavy atom. The van der Waals surface area contributed by atoms with Gasteiger partial charge in [0.15, 0.2) is 0 Å². The summed E-state index contributed by atoms with van der Waals surface area (Å²) in [5.41, 5.74) is 4.46. The maximum absolute atomic E-state index is 12.2. The van der Waals surface area contributed by atoms with Crippen molar-refractivity contribution in [3.05, 3.63) is 59.2 Å². The smallest absolute Gasteiger partial charge is 0.224 e. The first-order chi connectivity index (χ1) is 11.7. The summed E-state index contributed by atoms with van der Waals surface area (Å²) in [7, 11) is 0. The number of hydrogen-bond acceptors (Lipinski definition) is 2. The number of nitrogens with zero attached hydrogens (tertiary/aromatic N) is 1. The third kappa shape index (κ3) is 3.73. The Labute approximate surface area is 148 Å². The topological polar surface area (TPSA) is 20.3 Å². The molecule has 2 aromatic carbocycles. The number of benzene rings is 2. The summed E-state index contributed by atoms with van der Waals surface area (Å²) in [5, 5.41) is 0. The van der Waals surface area contributed by atoms with Gasteiger partial charge in [0.25, 0.3) is 0 Å². The highest BCUT2D eigenvalue weighted by Crippen LogP contribution is 2.31. The number of rotatable bonds is 4. The standard InChI is InChI=1S/C21H23NOS/c1-3-4-13-24-20-12-11-19-15-22(16(2)23)21-8-6-5-7-17(21)9-10-18(19)14-20/h5-12,14H,3-4,13,15H2,1-2H3/b10-9-. The van der Waals surface area contributed by atoms with Crippen molar-refractivity contribution < 1.29 is 4.79 Å². The number of anilines is 1. The molecule has 2 aromatic rings. The first-order valence-corrected chi connectivity index (χ1v) is 9.48.